The molecule has 3 rings (SSSR count). The van der Waals surface area contributed by atoms with E-state index in [4.69, 9.17) is 4.74 Å². The normalized spacial score (nSPS) is 20.8. The highest BCUT2D eigenvalue weighted by molar-refractivity contribution is 5.86. The standard InChI is InChI=1S/C19H21NO3/c1-23-17-9-7-14(8-10-17)11-20-12-16(13-21)18(19(20)22)15-5-3-2-4-6-15/h2-10,16,18,21H,11-13H2,1H3/t16-,18-/m1/s1. The molecule has 1 heterocycles. The summed E-state index contributed by atoms with van der Waals surface area (Å²) < 4.78 is 5.16. The van der Waals surface area contributed by atoms with Crippen LogP contribution in [0.5, 0.6) is 5.75 Å². The molecule has 0 saturated carbocycles. The van der Waals surface area contributed by atoms with Crippen molar-refractivity contribution in [2.24, 2.45) is 5.92 Å². The summed E-state index contributed by atoms with van der Waals surface area (Å²) >= 11 is 0. The molecule has 0 aliphatic carbocycles. The van der Waals surface area contributed by atoms with Crippen LogP contribution in [0.2, 0.25) is 0 Å². The molecular weight excluding hydrogens is 290 g/mol. The lowest BCUT2D eigenvalue weighted by Gasteiger charge is -2.17. The molecule has 4 heteroatoms. The van der Waals surface area contributed by atoms with E-state index in [2.05, 4.69) is 0 Å². The van der Waals surface area contributed by atoms with E-state index in [-0.39, 0.29) is 24.3 Å². The van der Waals surface area contributed by atoms with Crippen LogP contribution in [0.1, 0.15) is 17.0 Å². The van der Waals surface area contributed by atoms with Crippen LogP contribution in [-0.2, 0) is 11.3 Å². The number of benzene rings is 2. The first-order valence-electron chi connectivity index (χ1n) is 7.80. The van der Waals surface area contributed by atoms with Gasteiger partial charge < -0.3 is 14.7 Å². The number of hydrogen-bond acceptors (Lipinski definition) is 3. The minimum atomic E-state index is -0.251. The maximum Gasteiger partial charge on any atom is 0.230 e. The van der Waals surface area contributed by atoms with Crippen LogP contribution in [0, 0.1) is 5.92 Å². The number of aliphatic hydroxyl groups is 1. The summed E-state index contributed by atoms with van der Waals surface area (Å²) in [6, 6.07) is 17.5. The van der Waals surface area contributed by atoms with Gasteiger partial charge in [-0.1, -0.05) is 42.5 Å². The van der Waals surface area contributed by atoms with Gasteiger partial charge in [0, 0.05) is 25.6 Å². The Bertz CT molecular complexity index is 654. The van der Waals surface area contributed by atoms with Crippen molar-refractivity contribution in [2.45, 2.75) is 12.5 Å². The molecule has 1 N–H and O–H groups in total. The molecule has 1 amide bonds. The second kappa shape index (κ2) is 6.84. The second-order valence-corrected chi connectivity index (χ2v) is 5.90. The van der Waals surface area contributed by atoms with E-state index in [0.29, 0.717) is 13.1 Å². The second-order valence-electron chi connectivity index (χ2n) is 5.90. The van der Waals surface area contributed by atoms with E-state index in [1.54, 1.807) is 7.11 Å². The number of rotatable bonds is 5. The Balaban J connectivity index is 1.77. The number of carbonyl (C=O) groups excluding carboxylic acids is 1. The molecule has 1 aliphatic rings. The minimum Gasteiger partial charge on any atom is -0.497 e. The fourth-order valence-corrected chi connectivity index (χ4v) is 3.21. The third-order valence-corrected chi connectivity index (χ3v) is 4.43. The third kappa shape index (κ3) is 3.22. The van der Waals surface area contributed by atoms with Gasteiger partial charge in [0.1, 0.15) is 5.75 Å². The van der Waals surface area contributed by atoms with Crippen molar-refractivity contribution in [3.05, 3.63) is 65.7 Å². The molecule has 2 aromatic rings. The van der Waals surface area contributed by atoms with Gasteiger partial charge in [0.2, 0.25) is 5.91 Å². The number of aliphatic hydroxyl groups excluding tert-OH is 1. The summed E-state index contributed by atoms with van der Waals surface area (Å²) in [5, 5.41) is 9.67. The zero-order valence-electron chi connectivity index (χ0n) is 13.2. The van der Waals surface area contributed by atoms with E-state index in [0.717, 1.165) is 16.9 Å². The van der Waals surface area contributed by atoms with Crippen molar-refractivity contribution in [1.82, 2.24) is 4.90 Å². The SMILES string of the molecule is COc1ccc(CN2C[C@H](CO)[C@@H](c3ccccc3)C2=O)cc1. The predicted molar refractivity (Wildman–Crippen MR) is 88.2 cm³/mol. The quantitative estimate of drug-likeness (QED) is 0.922. The van der Waals surface area contributed by atoms with Crippen LogP contribution in [0.15, 0.2) is 54.6 Å². The number of amides is 1. The van der Waals surface area contributed by atoms with E-state index >= 15 is 0 Å². The molecule has 0 radical (unpaired) electrons. The molecule has 0 aromatic heterocycles. The smallest absolute Gasteiger partial charge is 0.230 e. The summed E-state index contributed by atoms with van der Waals surface area (Å²) in [4.78, 5) is 14.6. The molecule has 2 atom stereocenters. The van der Waals surface area contributed by atoms with Crippen LogP contribution < -0.4 is 4.74 Å². The molecule has 0 bridgehead atoms. The fourth-order valence-electron chi connectivity index (χ4n) is 3.21. The molecule has 120 valence electrons. The first-order chi connectivity index (χ1) is 11.2. The highest BCUT2D eigenvalue weighted by atomic mass is 16.5. The molecule has 2 aromatic carbocycles. The summed E-state index contributed by atoms with van der Waals surface area (Å²) in [5.41, 5.74) is 2.04. The Kier molecular flexibility index (Phi) is 4.63. The van der Waals surface area contributed by atoms with Gasteiger partial charge in [-0.2, -0.15) is 0 Å². The lowest BCUT2D eigenvalue weighted by atomic mass is 9.89. The topological polar surface area (TPSA) is 49.8 Å². The molecule has 1 fully saturated rings. The van der Waals surface area contributed by atoms with Gasteiger partial charge in [-0.3, -0.25) is 4.79 Å². The summed E-state index contributed by atoms with van der Waals surface area (Å²) in [6.45, 7) is 1.16. The van der Waals surface area contributed by atoms with E-state index in [9.17, 15) is 9.90 Å². The minimum absolute atomic E-state index is 0.0183. The number of ether oxygens (including phenoxy) is 1. The van der Waals surface area contributed by atoms with Gasteiger partial charge in [-0.05, 0) is 23.3 Å². The third-order valence-electron chi connectivity index (χ3n) is 4.43. The fraction of sp³-hybridized carbons (Fsp3) is 0.316. The van der Waals surface area contributed by atoms with Crippen LogP contribution in [0.25, 0.3) is 0 Å². The number of hydrogen-bond donors (Lipinski definition) is 1. The molecule has 4 nitrogen and oxygen atoms in total. The van der Waals surface area contributed by atoms with Crippen molar-refractivity contribution < 1.29 is 14.6 Å². The van der Waals surface area contributed by atoms with Gasteiger partial charge in [-0.15, -0.1) is 0 Å². The van der Waals surface area contributed by atoms with Gasteiger partial charge in [-0.25, -0.2) is 0 Å². The number of nitrogens with zero attached hydrogens (tertiary/aromatic N) is 1. The van der Waals surface area contributed by atoms with Crippen LogP contribution in [0.3, 0.4) is 0 Å². The Morgan fingerprint density at radius 2 is 1.83 bits per heavy atom. The Hall–Kier alpha value is -2.33. The highest BCUT2D eigenvalue weighted by Gasteiger charge is 2.40. The van der Waals surface area contributed by atoms with Gasteiger partial charge in [0.15, 0.2) is 0 Å². The van der Waals surface area contributed by atoms with E-state index < -0.39 is 0 Å². The number of methoxy groups -OCH3 is 1. The Morgan fingerprint density at radius 1 is 1.13 bits per heavy atom. The molecule has 0 spiro atoms. The summed E-state index contributed by atoms with van der Waals surface area (Å²) in [7, 11) is 1.63. The lowest BCUT2D eigenvalue weighted by molar-refractivity contribution is -0.129. The zero-order valence-corrected chi connectivity index (χ0v) is 13.2. The van der Waals surface area contributed by atoms with Crippen LogP contribution in [-0.4, -0.2) is 36.2 Å². The van der Waals surface area contributed by atoms with E-state index in [1.807, 2.05) is 59.5 Å². The number of likely N-dealkylation sites (tertiary alicyclic amines) is 1. The summed E-state index contributed by atoms with van der Waals surface area (Å²) in [6.07, 6.45) is 0. The van der Waals surface area contributed by atoms with Gasteiger partial charge in [0.25, 0.3) is 0 Å². The predicted octanol–water partition coefficient (Wildman–Crippen LogP) is 2.43. The lowest BCUT2D eigenvalue weighted by Crippen LogP contribution is -2.26. The first-order valence-corrected chi connectivity index (χ1v) is 7.80. The van der Waals surface area contributed by atoms with Gasteiger partial charge >= 0.3 is 0 Å². The monoisotopic (exact) mass is 311 g/mol. The molecule has 1 saturated heterocycles. The van der Waals surface area contributed by atoms with Crippen molar-refractivity contribution in [3.63, 3.8) is 0 Å². The first kappa shape index (κ1) is 15.6. The summed E-state index contributed by atoms with van der Waals surface area (Å²) in [5.74, 6) is 0.588. The largest absolute Gasteiger partial charge is 0.497 e. The van der Waals surface area contributed by atoms with E-state index in [1.165, 1.54) is 0 Å². The van der Waals surface area contributed by atoms with Crippen LogP contribution >= 0.6 is 0 Å². The molecular formula is C19H21NO3. The van der Waals surface area contributed by atoms with Crippen molar-refractivity contribution in [3.8, 4) is 5.75 Å². The average molecular weight is 311 g/mol. The maximum absolute atomic E-state index is 12.8. The molecule has 1 aliphatic heterocycles. The Labute approximate surface area is 136 Å². The average Bonchev–Trinajstić information content (AvgIpc) is 2.92. The Morgan fingerprint density at radius 3 is 2.43 bits per heavy atom. The van der Waals surface area contributed by atoms with Crippen molar-refractivity contribution >= 4 is 5.91 Å². The van der Waals surface area contributed by atoms with Crippen molar-refractivity contribution in [2.75, 3.05) is 20.3 Å². The molecule has 0 unspecified atom stereocenters. The zero-order chi connectivity index (χ0) is 16.2. The molecule has 23 heavy (non-hydrogen) atoms. The highest BCUT2D eigenvalue weighted by Crippen LogP contribution is 2.34. The van der Waals surface area contributed by atoms with Gasteiger partial charge in [0.05, 0.1) is 13.0 Å². The number of carbonyl (C=O) groups is 1. The maximum atomic E-state index is 12.8. The van der Waals surface area contributed by atoms with Crippen molar-refractivity contribution in [1.29, 1.82) is 0 Å². The van der Waals surface area contributed by atoms with Crippen LogP contribution in [0.4, 0.5) is 0 Å².